The Morgan fingerprint density at radius 1 is 1.14 bits per heavy atom. The molecule has 1 fully saturated rings. The van der Waals surface area contributed by atoms with Gasteiger partial charge in [0.05, 0.1) is 18.2 Å². The smallest absolute Gasteiger partial charge is 0.416 e. The molecule has 1 atom stereocenters. The van der Waals surface area contributed by atoms with Gasteiger partial charge in [0.15, 0.2) is 0 Å². The minimum Gasteiger partial charge on any atom is -0.493 e. The van der Waals surface area contributed by atoms with Crippen LogP contribution < -0.4 is 15.4 Å². The van der Waals surface area contributed by atoms with E-state index < -0.39 is 17.6 Å². The number of piperazine rings is 1. The van der Waals surface area contributed by atoms with Crippen LogP contribution in [0.4, 0.5) is 24.5 Å². The molecule has 2 N–H and O–H groups in total. The fourth-order valence-corrected chi connectivity index (χ4v) is 5.04. The van der Waals surface area contributed by atoms with Crippen LogP contribution in [-0.2, 0) is 22.2 Å². The number of alkyl halides is 3. The Bertz CT molecular complexity index is 1240. The standard InChI is InChI=1S/C27H29F3N4O3/c1-33-8-10-34(11-9-33)23-13-18-4-6-20(16-22(18)32-26(23)36)31-25(35)14-17-3-2-12-37-24-15-19(27(28,29)30)5-7-21(17)24/h4-7,14-16,23H,2-3,8-13H2,1H3,(H,31,35)(H,32,36). The molecule has 0 aliphatic carbocycles. The quantitative estimate of drug-likeness (QED) is 0.606. The van der Waals surface area contributed by atoms with Crippen molar-refractivity contribution in [1.82, 2.24) is 9.80 Å². The molecule has 2 amide bonds. The highest BCUT2D eigenvalue weighted by molar-refractivity contribution is 6.05. The Hall–Kier alpha value is -3.37. The first-order valence-corrected chi connectivity index (χ1v) is 12.4. The van der Waals surface area contributed by atoms with Gasteiger partial charge in [-0.3, -0.25) is 14.5 Å². The van der Waals surface area contributed by atoms with Gasteiger partial charge >= 0.3 is 6.18 Å². The molecule has 196 valence electrons. The summed E-state index contributed by atoms with van der Waals surface area (Å²) in [5, 5.41) is 5.80. The van der Waals surface area contributed by atoms with Gasteiger partial charge in [0.25, 0.3) is 0 Å². The van der Waals surface area contributed by atoms with E-state index >= 15 is 0 Å². The highest BCUT2D eigenvalue weighted by Gasteiger charge is 2.33. The van der Waals surface area contributed by atoms with Crippen molar-refractivity contribution in [1.29, 1.82) is 0 Å². The zero-order chi connectivity index (χ0) is 26.2. The van der Waals surface area contributed by atoms with Crippen LogP contribution in [0.3, 0.4) is 0 Å². The average Bonchev–Trinajstić information content (AvgIpc) is 3.05. The van der Waals surface area contributed by atoms with Crippen LogP contribution in [-0.4, -0.2) is 67.5 Å². The van der Waals surface area contributed by atoms with E-state index in [0.717, 1.165) is 43.9 Å². The highest BCUT2D eigenvalue weighted by atomic mass is 19.4. The molecule has 0 aromatic heterocycles. The van der Waals surface area contributed by atoms with Gasteiger partial charge in [-0.05, 0) is 61.7 Å². The Morgan fingerprint density at radius 2 is 1.92 bits per heavy atom. The van der Waals surface area contributed by atoms with Crippen LogP contribution in [0.25, 0.3) is 5.57 Å². The van der Waals surface area contributed by atoms with E-state index in [-0.39, 0.29) is 24.3 Å². The number of allylic oxidation sites excluding steroid dienone is 1. The van der Waals surface area contributed by atoms with Crippen LogP contribution >= 0.6 is 0 Å². The maximum atomic E-state index is 13.1. The summed E-state index contributed by atoms with van der Waals surface area (Å²) in [6.07, 6.45) is -1.38. The molecule has 1 unspecified atom stereocenters. The molecule has 7 nitrogen and oxygen atoms in total. The van der Waals surface area contributed by atoms with E-state index in [4.69, 9.17) is 4.74 Å². The number of carbonyl (C=O) groups excluding carboxylic acids is 2. The lowest BCUT2D eigenvalue weighted by atomic mass is 9.96. The number of fused-ring (bicyclic) bond motifs is 2. The summed E-state index contributed by atoms with van der Waals surface area (Å²) in [5.41, 5.74) is 2.51. The molecule has 2 aromatic rings. The molecule has 37 heavy (non-hydrogen) atoms. The second-order valence-corrected chi connectivity index (χ2v) is 9.74. The lowest BCUT2D eigenvalue weighted by molar-refractivity contribution is -0.137. The molecule has 0 bridgehead atoms. The van der Waals surface area contributed by atoms with Crippen molar-refractivity contribution in [3.8, 4) is 5.75 Å². The summed E-state index contributed by atoms with van der Waals surface area (Å²) in [6.45, 7) is 3.82. The SMILES string of the molecule is CN1CCN(C2Cc3ccc(NC(=O)C=C4CCCOc5cc(C(F)(F)F)ccc54)cc3NC2=O)CC1. The van der Waals surface area contributed by atoms with Crippen LogP contribution in [0.5, 0.6) is 5.75 Å². The Balaban J connectivity index is 1.30. The van der Waals surface area contributed by atoms with Crippen molar-refractivity contribution in [3.05, 3.63) is 59.2 Å². The number of nitrogens with zero attached hydrogens (tertiary/aromatic N) is 2. The molecule has 3 heterocycles. The number of hydrogen-bond acceptors (Lipinski definition) is 5. The molecule has 5 rings (SSSR count). The van der Waals surface area contributed by atoms with Crippen molar-refractivity contribution in [2.24, 2.45) is 0 Å². The number of halogens is 3. The van der Waals surface area contributed by atoms with Gasteiger partial charge in [0.2, 0.25) is 11.8 Å². The van der Waals surface area contributed by atoms with E-state index in [0.29, 0.717) is 41.8 Å². The fraction of sp³-hybridized carbons (Fsp3) is 0.407. The van der Waals surface area contributed by atoms with Gasteiger partial charge in [-0.15, -0.1) is 0 Å². The van der Waals surface area contributed by atoms with Gasteiger partial charge in [0.1, 0.15) is 5.75 Å². The molecular weight excluding hydrogens is 485 g/mol. The topological polar surface area (TPSA) is 73.9 Å². The van der Waals surface area contributed by atoms with Gasteiger partial charge in [0, 0.05) is 49.2 Å². The molecule has 10 heteroatoms. The lowest BCUT2D eigenvalue weighted by Crippen LogP contribution is -2.54. The second-order valence-electron chi connectivity index (χ2n) is 9.74. The third kappa shape index (κ3) is 5.65. The number of likely N-dealkylation sites (N-methyl/N-ethyl adjacent to an activating group) is 1. The normalized spacial score (nSPS) is 21.9. The van der Waals surface area contributed by atoms with Crippen molar-refractivity contribution in [2.75, 3.05) is 50.5 Å². The summed E-state index contributed by atoms with van der Waals surface area (Å²) in [4.78, 5) is 30.1. The van der Waals surface area contributed by atoms with Gasteiger partial charge < -0.3 is 20.3 Å². The molecule has 1 saturated heterocycles. The predicted octanol–water partition coefficient (Wildman–Crippen LogP) is 4.01. The fourth-order valence-electron chi connectivity index (χ4n) is 5.04. The number of carbonyl (C=O) groups is 2. The Kier molecular flexibility index (Phi) is 6.96. The largest absolute Gasteiger partial charge is 0.493 e. The third-order valence-corrected chi connectivity index (χ3v) is 7.14. The Morgan fingerprint density at radius 3 is 2.68 bits per heavy atom. The molecule has 0 saturated carbocycles. The van der Waals surface area contributed by atoms with Gasteiger partial charge in [-0.1, -0.05) is 12.1 Å². The van der Waals surface area contributed by atoms with Crippen molar-refractivity contribution < 1.29 is 27.5 Å². The zero-order valence-corrected chi connectivity index (χ0v) is 20.5. The van der Waals surface area contributed by atoms with Gasteiger partial charge in [-0.25, -0.2) is 0 Å². The van der Waals surface area contributed by atoms with Gasteiger partial charge in [-0.2, -0.15) is 13.2 Å². The minimum absolute atomic E-state index is 0.0454. The maximum absolute atomic E-state index is 13.1. The number of ether oxygens (including phenoxy) is 1. The summed E-state index contributed by atoms with van der Waals surface area (Å²) in [7, 11) is 2.07. The van der Waals surface area contributed by atoms with E-state index in [1.165, 1.54) is 12.1 Å². The van der Waals surface area contributed by atoms with Crippen molar-refractivity contribution in [3.63, 3.8) is 0 Å². The zero-order valence-electron chi connectivity index (χ0n) is 20.5. The lowest BCUT2D eigenvalue weighted by Gasteiger charge is -2.39. The first kappa shape index (κ1) is 25.3. The summed E-state index contributed by atoms with van der Waals surface area (Å²) in [6, 6.07) is 8.58. The van der Waals surface area contributed by atoms with Crippen LogP contribution in [0, 0.1) is 0 Å². The van der Waals surface area contributed by atoms with E-state index in [1.54, 1.807) is 12.1 Å². The van der Waals surface area contributed by atoms with Crippen molar-refractivity contribution >= 4 is 28.8 Å². The minimum atomic E-state index is -4.47. The molecule has 3 aliphatic heterocycles. The number of hydrogen-bond donors (Lipinski definition) is 2. The first-order valence-electron chi connectivity index (χ1n) is 12.4. The molecule has 0 radical (unpaired) electrons. The first-order chi connectivity index (χ1) is 17.7. The molecule has 2 aromatic carbocycles. The summed E-state index contributed by atoms with van der Waals surface area (Å²) < 4.78 is 44.9. The predicted molar refractivity (Wildman–Crippen MR) is 134 cm³/mol. The second kappa shape index (κ2) is 10.2. The van der Waals surface area contributed by atoms with Crippen molar-refractivity contribution in [2.45, 2.75) is 31.5 Å². The van der Waals surface area contributed by atoms with Crippen LogP contribution in [0.15, 0.2) is 42.5 Å². The number of rotatable bonds is 3. The number of anilines is 2. The maximum Gasteiger partial charge on any atom is 0.416 e. The Labute approximate surface area is 213 Å². The van der Waals surface area contributed by atoms with E-state index in [2.05, 4.69) is 27.5 Å². The molecular formula is C27H29F3N4O3. The monoisotopic (exact) mass is 514 g/mol. The molecule has 3 aliphatic rings. The van der Waals surface area contributed by atoms with Crippen LogP contribution in [0.2, 0.25) is 0 Å². The van der Waals surface area contributed by atoms with Crippen LogP contribution in [0.1, 0.15) is 29.5 Å². The van der Waals surface area contributed by atoms with E-state index in [1.807, 2.05) is 6.07 Å². The average molecular weight is 515 g/mol. The summed E-state index contributed by atoms with van der Waals surface area (Å²) in [5.74, 6) is -0.325. The summed E-state index contributed by atoms with van der Waals surface area (Å²) >= 11 is 0. The number of amides is 2. The number of benzene rings is 2. The third-order valence-electron chi connectivity index (χ3n) is 7.14. The van der Waals surface area contributed by atoms with E-state index in [9.17, 15) is 22.8 Å². The highest BCUT2D eigenvalue weighted by Crippen LogP contribution is 2.38. The number of nitrogens with one attached hydrogen (secondary N) is 2. The molecule has 0 spiro atoms.